The molecule has 1 fully saturated rings. The molecule has 0 saturated heterocycles. The summed E-state index contributed by atoms with van der Waals surface area (Å²) in [4.78, 5) is 14.1. The molecule has 0 aromatic carbocycles. The van der Waals surface area contributed by atoms with E-state index in [-0.39, 0.29) is 29.3 Å². The summed E-state index contributed by atoms with van der Waals surface area (Å²) in [5.74, 6) is -0.441. The minimum Gasteiger partial charge on any atom is -0.469 e. The first kappa shape index (κ1) is 27.0. The molecule has 1 aliphatic carbocycles. The number of esters is 1. The Morgan fingerprint density at radius 2 is 2.06 bits per heavy atom. The second kappa shape index (κ2) is 13.4. The first-order chi connectivity index (χ1) is 14.6. The number of unbranched alkanes of at least 4 members (excludes halogenated alkanes) is 1. The van der Waals surface area contributed by atoms with Crippen LogP contribution in [0.2, 0.25) is 0 Å². The molecular weight excluding hydrogens is 394 g/mol. The summed E-state index contributed by atoms with van der Waals surface area (Å²) in [6.07, 6.45) is 12.2. The lowest BCUT2D eigenvalue weighted by atomic mass is 9.81. The maximum atomic E-state index is 11.2. The average molecular weight is 434 g/mol. The van der Waals surface area contributed by atoms with Gasteiger partial charge in [0.25, 0.3) is 0 Å². The molecule has 7 nitrogen and oxygen atoms in total. The van der Waals surface area contributed by atoms with Gasteiger partial charge in [0.1, 0.15) is 0 Å². The largest absolute Gasteiger partial charge is 0.469 e. The van der Waals surface area contributed by atoms with Gasteiger partial charge in [0.15, 0.2) is 0 Å². The van der Waals surface area contributed by atoms with Crippen LogP contribution >= 0.6 is 0 Å². The van der Waals surface area contributed by atoms with Gasteiger partial charge in [0.2, 0.25) is 0 Å². The minimum absolute atomic E-state index is 0.0351. The first-order valence-electron chi connectivity index (χ1n) is 11.1. The Morgan fingerprint density at radius 3 is 2.68 bits per heavy atom. The van der Waals surface area contributed by atoms with Gasteiger partial charge in [0.05, 0.1) is 19.3 Å². The van der Waals surface area contributed by atoms with Gasteiger partial charge in [0, 0.05) is 23.3 Å². The van der Waals surface area contributed by atoms with E-state index in [0.29, 0.717) is 25.7 Å². The van der Waals surface area contributed by atoms with Crippen LogP contribution in [0.1, 0.15) is 66.2 Å². The molecule has 174 valence electrons. The van der Waals surface area contributed by atoms with E-state index in [1.807, 2.05) is 45.9 Å². The number of aliphatic hydroxyl groups excluding tert-OH is 2. The lowest BCUT2D eigenvalue weighted by Crippen LogP contribution is -2.28. The fourth-order valence-corrected chi connectivity index (χ4v) is 3.82. The van der Waals surface area contributed by atoms with Crippen LogP contribution in [0.5, 0.6) is 0 Å². The fraction of sp³-hybridized carbons (Fsp3) is 0.708. The number of hydrogen-bond donors (Lipinski definition) is 2. The van der Waals surface area contributed by atoms with Gasteiger partial charge in [-0.15, -0.1) is 0 Å². The average Bonchev–Trinajstić information content (AvgIpc) is 3.01. The molecule has 1 aliphatic rings. The standard InChI is InChI=1S/C24H39N3O4/c1-17(2)14-15-24(3,4)22(29)13-12-19-18(20(26-27-25)16-21(19)28)10-8-6-7-9-11-23(30)31-5/h6,8,12-14,18-22,28-29H,7,9-11,15-16H2,1-5H3/t18-,19-,20+,21-,22+/m1/s1. The summed E-state index contributed by atoms with van der Waals surface area (Å²) in [5.41, 5.74) is 9.81. The first-order valence-corrected chi connectivity index (χ1v) is 11.1. The predicted molar refractivity (Wildman–Crippen MR) is 123 cm³/mol. The van der Waals surface area contributed by atoms with Crippen molar-refractivity contribution >= 4 is 5.97 Å². The summed E-state index contributed by atoms with van der Waals surface area (Å²) in [5, 5.41) is 25.2. The van der Waals surface area contributed by atoms with Gasteiger partial charge < -0.3 is 14.9 Å². The molecule has 0 heterocycles. The van der Waals surface area contributed by atoms with Crippen LogP contribution in [0.4, 0.5) is 0 Å². The van der Waals surface area contributed by atoms with Crippen molar-refractivity contribution in [2.24, 2.45) is 22.4 Å². The van der Waals surface area contributed by atoms with Crippen LogP contribution in [0, 0.1) is 17.3 Å². The SMILES string of the molecule is COC(=O)CCCC=CC[C@@H]1[C@@H](C=C[C@H](O)C(C)(C)CC=C(C)C)[C@H](O)C[C@@H]1N=[N+]=[N-]. The van der Waals surface area contributed by atoms with Crippen molar-refractivity contribution < 1.29 is 19.7 Å². The third kappa shape index (κ3) is 9.30. The van der Waals surface area contributed by atoms with E-state index >= 15 is 0 Å². The number of carbonyl (C=O) groups is 1. The summed E-state index contributed by atoms with van der Waals surface area (Å²) < 4.78 is 4.63. The topological polar surface area (TPSA) is 116 Å². The molecule has 0 bridgehead atoms. The second-order valence-electron chi connectivity index (χ2n) is 9.30. The van der Waals surface area contributed by atoms with Crippen LogP contribution in [-0.2, 0) is 9.53 Å². The van der Waals surface area contributed by atoms with E-state index in [9.17, 15) is 15.0 Å². The maximum absolute atomic E-state index is 11.2. The van der Waals surface area contributed by atoms with Crippen LogP contribution in [0.15, 0.2) is 41.1 Å². The quantitative estimate of drug-likeness (QED) is 0.109. The van der Waals surface area contributed by atoms with E-state index < -0.39 is 12.2 Å². The number of hydrogen-bond acceptors (Lipinski definition) is 5. The number of methoxy groups -OCH3 is 1. The highest BCUT2D eigenvalue weighted by Crippen LogP contribution is 2.39. The molecule has 0 amide bonds. The number of azide groups is 1. The second-order valence-corrected chi connectivity index (χ2v) is 9.30. The summed E-state index contributed by atoms with van der Waals surface area (Å²) in [7, 11) is 1.38. The Kier molecular flexibility index (Phi) is 11.6. The van der Waals surface area contributed by atoms with E-state index in [1.54, 1.807) is 6.08 Å². The molecule has 5 atom stereocenters. The number of allylic oxidation sites excluding steroid dienone is 4. The Balaban J connectivity index is 2.80. The normalized spacial score (nSPS) is 24.9. The Morgan fingerprint density at radius 1 is 1.35 bits per heavy atom. The number of ether oxygens (including phenoxy) is 1. The highest BCUT2D eigenvalue weighted by Gasteiger charge is 2.40. The van der Waals surface area contributed by atoms with E-state index in [0.717, 1.165) is 12.8 Å². The van der Waals surface area contributed by atoms with Crippen molar-refractivity contribution in [1.82, 2.24) is 0 Å². The molecule has 7 heteroatoms. The molecule has 0 aromatic heterocycles. The van der Waals surface area contributed by atoms with Crippen molar-refractivity contribution in [1.29, 1.82) is 0 Å². The van der Waals surface area contributed by atoms with Gasteiger partial charge in [-0.05, 0) is 62.8 Å². The van der Waals surface area contributed by atoms with Crippen molar-refractivity contribution in [2.45, 2.75) is 84.5 Å². The lowest BCUT2D eigenvalue weighted by molar-refractivity contribution is -0.140. The Hall–Kier alpha value is -2.08. The summed E-state index contributed by atoms with van der Waals surface area (Å²) in [6.45, 7) is 8.11. The van der Waals surface area contributed by atoms with Gasteiger partial charge in [-0.1, -0.05) is 54.9 Å². The molecule has 2 N–H and O–H groups in total. The van der Waals surface area contributed by atoms with Gasteiger partial charge in [-0.2, -0.15) is 0 Å². The summed E-state index contributed by atoms with van der Waals surface area (Å²) in [6, 6.07) is -0.287. The van der Waals surface area contributed by atoms with Crippen LogP contribution in [0.25, 0.3) is 10.4 Å². The van der Waals surface area contributed by atoms with E-state index in [2.05, 4.69) is 20.8 Å². The zero-order valence-electron chi connectivity index (χ0n) is 19.6. The maximum Gasteiger partial charge on any atom is 0.305 e. The predicted octanol–water partition coefficient (Wildman–Crippen LogP) is 5.25. The molecule has 1 rings (SSSR count). The molecule has 1 saturated carbocycles. The number of rotatable bonds is 12. The van der Waals surface area contributed by atoms with Gasteiger partial charge in [-0.25, -0.2) is 0 Å². The number of carbonyl (C=O) groups excluding carboxylic acids is 1. The molecule has 31 heavy (non-hydrogen) atoms. The van der Waals surface area contributed by atoms with Crippen molar-refractivity contribution in [2.75, 3.05) is 7.11 Å². The third-order valence-electron chi connectivity index (χ3n) is 6.02. The molecule has 0 spiro atoms. The molecular formula is C24H39N3O4. The lowest BCUT2D eigenvalue weighted by Gasteiger charge is -2.28. The molecule has 0 unspecified atom stereocenters. The smallest absolute Gasteiger partial charge is 0.305 e. The van der Waals surface area contributed by atoms with Crippen molar-refractivity contribution in [3.63, 3.8) is 0 Å². The Bertz CT molecular complexity index is 704. The van der Waals surface area contributed by atoms with Crippen LogP contribution < -0.4 is 0 Å². The van der Waals surface area contributed by atoms with Crippen molar-refractivity contribution in [3.8, 4) is 0 Å². The van der Waals surface area contributed by atoms with E-state index in [1.165, 1.54) is 12.7 Å². The zero-order valence-corrected chi connectivity index (χ0v) is 19.6. The third-order valence-corrected chi connectivity index (χ3v) is 6.02. The fourth-order valence-electron chi connectivity index (χ4n) is 3.82. The Labute approximate surface area is 186 Å². The highest BCUT2D eigenvalue weighted by molar-refractivity contribution is 5.69. The zero-order chi connectivity index (χ0) is 23.4. The highest BCUT2D eigenvalue weighted by atomic mass is 16.5. The van der Waals surface area contributed by atoms with Crippen LogP contribution in [0.3, 0.4) is 0 Å². The number of aliphatic hydroxyl groups is 2. The van der Waals surface area contributed by atoms with Crippen molar-refractivity contribution in [3.05, 3.63) is 46.4 Å². The number of nitrogens with zero attached hydrogens (tertiary/aromatic N) is 3. The molecule has 0 aromatic rings. The minimum atomic E-state index is -0.650. The molecule has 0 radical (unpaired) electrons. The van der Waals surface area contributed by atoms with Gasteiger partial charge in [-0.3, -0.25) is 4.79 Å². The molecule has 0 aliphatic heterocycles. The van der Waals surface area contributed by atoms with Gasteiger partial charge >= 0.3 is 5.97 Å². The monoisotopic (exact) mass is 433 g/mol. The van der Waals surface area contributed by atoms with Crippen LogP contribution in [-0.4, -0.2) is 41.5 Å². The summed E-state index contributed by atoms with van der Waals surface area (Å²) >= 11 is 0. The van der Waals surface area contributed by atoms with E-state index in [4.69, 9.17) is 5.53 Å².